The molecule has 7 nitrogen and oxygen atoms in total. The van der Waals surface area contributed by atoms with Gasteiger partial charge >= 0.3 is 0 Å². The number of sulfone groups is 1. The van der Waals surface area contributed by atoms with E-state index in [1.165, 1.54) is 18.4 Å². The van der Waals surface area contributed by atoms with E-state index in [4.69, 9.17) is 4.99 Å². The lowest BCUT2D eigenvalue weighted by molar-refractivity contribution is 0.0702. The molecule has 0 atom stereocenters. The molecule has 0 saturated carbocycles. The molecule has 1 amide bonds. The zero-order valence-corrected chi connectivity index (χ0v) is 26.6. The SMILES string of the molecule is C=C(c1ccc(F)cc1C)C1CCN(C(=O)c2ccc(C(C)=NC3CCN(Cc4ccc(S(C)(=O)=O)cc4)CC3)cn2)CC1. The summed E-state index contributed by atoms with van der Waals surface area (Å²) in [5, 5.41) is 0. The van der Waals surface area contributed by atoms with Crippen molar-refractivity contribution in [2.45, 2.75) is 57.0 Å². The average Bonchev–Trinajstić information content (AvgIpc) is 3.01. The Morgan fingerprint density at radius 1 is 1.00 bits per heavy atom. The van der Waals surface area contributed by atoms with E-state index in [1.807, 2.05) is 36.9 Å². The number of likely N-dealkylation sites (tertiary alicyclic amines) is 2. The van der Waals surface area contributed by atoms with Crippen LogP contribution in [-0.4, -0.2) is 73.3 Å². The molecular formula is C35H41FN4O3S. The zero-order valence-electron chi connectivity index (χ0n) is 25.8. The summed E-state index contributed by atoms with van der Waals surface area (Å²) in [5.74, 6) is -0.0426. The second-order valence-electron chi connectivity index (χ2n) is 12.1. The van der Waals surface area contributed by atoms with Crippen LogP contribution in [0, 0.1) is 18.7 Å². The van der Waals surface area contributed by atoms with E-state index in [9.17, 15) is 17.6 Å². The van der Waals surface area contributed by atoms with Gasteiger partial charge in [-0.2, -0.15) is 0 Å². The molecule has 5 rings (SSSR count). The fourth-order valence-corrected chi connectivity index (χ4v) is 6.82. The van der Waals surface area contributed by atoms with Crippen molar-refractivity contribution in [3.8, 4) is 0 Å². The van der Waals surface area contributed by atoms with Gasteiger partial charge in [-0.15, -0.1) is 0 Å². The molecule has 0 aliphatic carbocycles. The third-order valence-electron chi connectivity index (χ3n) is 8.90. The molecule has 3 aromatic rings. The maximum absolute atomic E-state index is 13.5. The molecule has 0 bridgehead atoms. The molecular weight excluding hydrogens is 575 g/mol. The number of halogens is 1. The lowest BCUT2D eigenvalue weighted by atomic mass is 9.84. The van der Waals surface area contributed by atoms with Gasteiger partial charge in [0.15, 0.2) is 9.84 Å². The number of piperidine rings is 2. The van der Waals surface area contributed by atoms with E-state index in [2.05, 4.69) is 16.5 Å². The third-order valence-corrected chi connectivity index (χ3v) is 10.0. The van der Waals surface area contributed by atoms with Crippen LogP contribution in [0.15, 0.2) is 77.3 Å². The summed E-state index contributed by atoms with van der Waals surface area (Å²) in [5.41, 5.74) is 6.27. The molecule has 3 heterocycles. The van der Waals surface area contributed by atoms with E-state index in [0.29, 0.717) is 23.7 Å². The number of carbonyl (C=O) groups excluding carboxylic acids is 1. The van der Waals surface area contributed by atoms with Gasteiger partial charge in [-0.25, -0.2) is 12.8 Å². The van der Waals surface area contributed by atoms with Gasteiger partial charge < -0.3 is 4.90 Å². The minimum atomic E-state index is -3.18. The number of aromatic nitrogens is 1. The minimum Gasteiger partial charge on any atom is -0.337 e. The predicted octanol–water partition coefficient (Wildman–Crippen LogP) is 5.97. The molecule has 1 aromatic heterocycles. The van der Waals surface area contributed by atoms with Gasteiger partial charge in [-0.3, -0.25) is 19.7 Å². The molecule has 0 radical (unpaired) electrons. The van der Waals surface area contributed by atoms with Crippen molar-refractivity contribution >= 4 is 27.0 Å². The number of benzene rings is 2. The summed E-state index contributed by atoms with van der Waals surface area (Å²) in [4.78, 5) is 27.2. The Labute approximate surface area is 260 Å². The summed E-state index contributed by atoms with van der Waals surface area (Å²) in [6.45, 7) is 12.1. The molecule has 44 heavy (non-hydrogen) atoms. The van der Waals surface area contributed by atoms with Crippen molar-refractivity contribution in [2.24, 2.45) is 10.9 Å². The average molecular weight is 617 g/mol. The molecule has 232 valence electrons. The Morgan fingerprint density at radius 3 is 2.27 bits per heavy atom. The van der Waals surface area contributed by atoms with E-state index in [-0.39, 0.29) is 23.7 Å². The molecule has 9 heteroatoms. The number of pyridine rings is 1. The van der Waals surface area contributed by atoms with E-state index < -0.39 is 9.84 Å². The van der Waals surface area contributed by atoms with Crippen LogP contribution in [0.3, 0.4) is 0 Å². The second kappa shape index (κ2) is 13.5. The van der Waals surface area contributed by atoms with Crippen molar-refractivity contribution < 1.29 is 17.6 Å². The number of aryl methyl sites for hydroxylation is 1. The number of carbonyl (C=O) groups is 1. The first-order valence-electron chi connectivity index (χ1n) is 15.2. The van der Waals surface area contributed by atoms with Gasteiger partial charge in [-0.1, -0.05) is 24.8 Å². The lowest BCUT2D eigenvalue weighted by Gasteiger charge is -2.33. The summed E-state index contributed by atoms with van der Waals surface area (Å²) in [6, 6.07) is 15.9. The Bertz CT molecular complexity index is 1640. The number of amides is 1. The van der Waals surface area contributed by atoms with Gasteiger partial charge in [0.05, 0.1) is 10.9 Å². The fraction of sp³-hybridized carbons (Fsp3) is 0.400. The van der Waals surface area contributed by atoms with Crippen molar-refractivity contribution in [2.75, 3.05) is 32.4 Å². The van der Waals surface area contributed by atoms with Gasteiger partial charge in [0, 0.05) is 56.5 Å². The summed E-state index contributed by atoms with van der Waals surface area (Å²) < 4.78 is 36.9. The summed E-state index contributed by atoms with van der Waals surface area (Å²) >= 11 is 0. The number of aliphatic imine (C=N–C) groups is 1. The Kier molecular flexibility index (Phi) is 9.75. The second-order valence-corrected chi connectivity index (χ2v) is 14.1. The molecule has 2 aliphatic heterocycles. The van der Waals surface area contributed by atoms with Crippen LogP contribution >= 0.6 is 0 Å². The molecule has 0 N–H and O–H groups in total. The maximum Gasteiger partial charge on any atom is 0.272 e. The van der Waals surface area contributed by atoms with E-state index in [1.54, 1.807) is 30.5 Å². The Hall–Kier alpha value is -3.69. The number of hydrogen-bond acceptors (Lipinski definition) is 6. The summed E-state index contributed by atoms with van der Waals surface area (Å²) in [7, 11) is -3.18. The van der Waals surface area contributed by atoms with Gasteiger partial charge in [0.25, 0.3) is 5.91 Å². The smallest absolute Gasteiger partial charge is 0.272 e. The monoisotopic (exact) mass is 616 g/mol. The Morgan fingerprint density at radius 2 is 1.68 bits per heavy atom. The highest BCUT2D eigenvalue weighted by Crippen LogP contribution is 2.32. The van der Waals surface area contributed by atoms with Crippen LogP contribution in [0.25, 0.3) is 5.57 Å². The summed E-state index contributed by atoms with van der Waals surface area (Å²) in [6.07, 6.45) is 6.51. The topological polar surface area (TPSA) is 82.9 Å². The normalized spacial score (nSPS) is 17.5. The molecule has 2 aromatic carbocycles. The van der Waals surface area contributed by atoms with Gasteiger partial charge in [0.2, 0.25) is 0 Å². The minimum absolute atomic E-state index is 0.0634. The van der Waals surface area contributed by atoms with E-state index >= 15 is 0 Å². The highest BCUT2D eigenvalue weighted by molar-refractivity contribution is 7.90. The third kappa shape index (κ3) is 7.68. The number of allylic oxidation sites excluding steroid dienone is 1. The van der Waals surface area contributed by atoms with Crippen molar-refractivity contribution in [3.63, 3.8) is 0 Å². The molecule has 2 fully saturated rings. The van der Waals surface area contributed by atoms with E-state index in [0.717, 1.165) is 78.9 Å². The first-order chi connectivity index (χ1) is 21.0. The van der Waals surface area contributed by atoms with Crippen LogP contribution in [0.1, 0.15) is 65.3 Å². The van der Waals surface area contributed by atoms with Crippen molar-refractivity contribution in [1.82, 2.24) is 14.8 Å². The van der Waals surface area contributed by atoms with Crippen LogP contribution in [0.2, 0.25) is 0 Å². The first-order valence-corrected chi connectivity index (χ1v) is 17.1. The Balaban J connectivity index is 1.10. The van der Waals surface area contributed by atoms with Crippen LogP contribution in [-0.2, 0) is 16.4 Å². The highest BCUT2D eigenvalue weighted by Gasteiger charge is 2.27. The molecule has 2 saturated heterocycles. The number of rotatable bonds is 8. The quantitative estimate of drug-likeness (QED) is 0.291. The van der Waals surface area contributed by atoms with Crippen molar-refractivity contribution in [3.05, 3.63) is 101 Å². The largest absolute Gasteiger partial charge is 0.337 e. The van der Waals surface area contributed by atoms with Crippen LogP contribution in [0.5, 0.6) is 0 Å². The maximum atomic E-state index is 13.5. The van der Waals surface area contributed by atoms with Crippen LogP contribution in [0.4, 0.5) is 4.39 Å². The van der Waals surface area contributed by atoms with Crippen LogP contribution < -0.4 is 0 Å². The highest BCUT2D eigenvalue weighted by atomic mass is 32.2. The predicted molar refractivity (Wildman–Crippen MR) is 173 cm³/mol. The standard InChI is InChI=1S/C35H41FN4O3S/c1-24-21-30(36)8-11-33(24)25(2)28-13-19-40(20-14-28)35(41)34-12-7-29(22-37-34)26(3)38-31-15-17-39(18-16-31)23-27-5-9-32(10-6-27)44(4,42)43/h5-12,21-22,28,31H,2,13-20,23H2,1,3-4H3. The zero-order chi connectivity index (χ0) is 31.4. The number of nitrogens with zero attached hydrogens (tertiary/aromatic N) is 4. The first kappa shape index (κ1) is 31.7. The lowest BCUT2D eigenvalue weighted by Crippen LogP contribution is -2.39. The van der Waals surface area contributed by atoms with Crippen molar-refractivity contribution in [1.29, 1.82) is 0 Å². The fourth-order valence-electron chi connectivity index (χ4n) is 6.19. The molecule has 2 aliphatic rings. The number of hydrogen-bond donors (Lipinski definition) is 0. The van der Waals surface area contributed by atoms with Gasteiger partial charge in [-0.05, 0) is 104 Å². The molecule has 0 unspecified atom stereocenters. The molecule has 0 spiro atoms. The van der Waals surface area contributed by atoms with Gasteiger partial charge in [0.1, 0.15) is 11.5 Å².